The topological polar surface area (TPSA) is 65.5 Å². The van der Waals surface area contributed by atoms with Crippen molar-refractivity contribution < 1.29 is 13.9 Å². The Morgan fingerprint density at radius 1 is 1.50 bits per heavy atom. The third kappa shape index (κ3) is 3.49. The van der Waals surface area contributed by atoms with E-state index < -0.39 is 5.97 Å². The summed E-state index contributed by atoms with van der Waals surface area (Å²) >= 11 is 7.59. The number of nitrogen functional groups attached to an aromatic ring is 1. The summed E-state index contributed by atoms with van der Waals surface area (Å²) in [6.45, 7) is 2.05. The van der Waals surface area contributed by atoms with Gasteiger partial charge in [-0.15, -0.1) is 11.8 Å². The number of nitrogens with two attached hydrogens (primary N) is 1. The van der Waals surface area contributed by atoms with Gasteiger partial charge in [0.1, 0.15) is 5.76 Å². The van der Waals surface area contributed by atoms with Gasteiger partial charge in [0.2, 0.25) is 0 Å². The lowest BCUT2D eigenvalue weighted by Crippen LogP contribution is -2.07. The Hall–Kier alpha value is -1.59. The summed E-state index contributed by atoms with van der Waals surface area (Å²) in [5, 5.41) is 0.435. The van der Waals surface area contributed by atoms with E-state index in [0.29, 0.717) is 33.5 Å². The van der Waals surface area contributed by atoms with Gasteiger partial charge < -0.3 is 14.9 Å². The Labute approximate surface area is 126 Å². The van der Waals surface area contributed by atoms with Gasteiger partial charge in [-0.2, -0.15) is 0 Å². The third-order valence-electron chi connectivity index (χ3n) is 2.50. The van der Waals surface area contributed by atoms with E-state index in [1.54, 1.807) is 25.3 Å². The van der Waals surface area contributed by atoms with Crippen LogP contribution in [-0.2, 0) is 10.5 Å². The van der Waals surface area contributed by atoms with E-state index in [4.69, 9.17) is 26.5 Å². The number of carbonyl (C=O) groups excluding carboxylic acids is 1. The van der Waals surface area contributed by atoms with Gasteiger partial charge >= 0.3 is 5.97 Å². The van der Waals surface area contributed by atoms with Crippen molar-refractivity contribution in [1.82, 2.24) is 0 Å². The molecule has 106 valence electrons. The van der Waals surface area contributed by atoms with E-state index in [-0.39, 0.29) is 0 Å². The van der Waals surface area contributed by atoms with Crippen LogP contribution in [0, 0.1) is 0 Å². The second kappa shape index (κ2) is 6.72. The van der Waals surface area contributed by atoms with Gasteiger partial charge in [-0.25, -0.2) is 4.79 Å². The molecule has 0 saturated heterocycles. The molecule has 0 aliphatic carbocycles. The van der Waals surface area contributed by atoms with Crippen LogP contribution in [0.2, 0.25) is 5.02 Å². The van der Waals surface area contributed by atoms with E-state index in [0.717, 1.165) is 5.76 Å². The van der Waals surface area contributed by atoms with E-state index in [1.807, 2.05) is 12.1 Å². The number of esters is 1. The quantitative estimate of drug-likeness (QED) is 0.514. The second-order valence-electron chi connectivity index (χ2n) is 3.97. The molecule has 0 unspecified atom stereocenters. The normalized spacial score (nSPS) is 10.5. The molecule has 1 aromatic heterocycles. The lowest BCUT2D eigenvalue weighted by Gasteiger charge is -2.11. The molecule has 2 aromatic rings. The fourth-order valence-corrected chi connectivity index (χ4v) is 3.00. The maximum Gasteiger partial charge on any atom is 0.339 e. The number of benzene rings is 1. The van der Waals surface area contributed by atoms with E-state index >= 15 is 0 Å². The zero-order valence-corrected chi connectivity index (χ0v) is 12.5. The summed E-state index contributed by atoms with van der Waals surface area (Å²) in [5.74, 6) is 0.949. The molecular formula is C14H14ClNO3S. The van der Waals surface area contributed by atoms with Crippen LogP contribution in [0.5, 0.6) is 0 Å². The van der Waals surface area contributed by atoms with Crippen LogP contribution in [0.1, 0.15) is 23.0 Å². The van der Waals surface area contributed by atoms with Crippen molar-refractivity contribution >= 4 is 35.0 Å². The van der Waals surface area contributed by atoms with Crippen LogP contribution in [0.4, 0.5) is 5.69 Å². The van der Waals surface area contributed by atoms with Gasteiger partial charge in [0.05, 0.1) is 29.2 Å². The molecule has 0 fully saturated rings. The minimum absolute atomic E-state index is 0.299. The molecule has 0 radical (unpaired) electrons. The van der Waals surface area contributed by atoms with Gasteiger partial charge in [-0.1, -0.05) is 11.6 Å². The van der Waals surface area contributed by atoms with Gasteiger partial charge in [0.25, 0.3) is 0 Å². The summed E-state index contributed by atoms with van der Waals surface area (Å²) in [4.78, 5) is 12.6. The lowest BCUT2D eigenvalue weighted by molar-refractivity contribution is 0.0522. The average molecular weight is 312 g/mol. The van der Waals surface area contributed by atoms with E-state index in [2.05, 4.69) is 0 Å². The van der Waals surface area contributed by atoms with Crippen molar-refractivity contribution in [2.75, 3.05) is 12.3 Å². The Morgan fingerprint density at radius 3 is 2.95 bits per heavy atom. The maximum absolute atomic E-state index is 12.0. The lowest BCUT2D eigenvalue weighted by atomic mass is 10.2. The Balaban J connectivity index is 2.27. The predicted octanol–water partition coefficient (Wildman–Crippen LogP) is 3.98. The molecule has 0 aliphatic heterocycles. The minimum Gasteiger partial charge on any atom is -0.468 e. The molecule has 0 saturated carbocycles. The fraction of sp³-hybridized carbons (Fsp3) is 0.214. The zero-order valence-electron chi connectivity index (χ0n) is 10.9. The first-order chi connectivity index (χ1) is 9.61. The molecule has 0 bridgehead atoms. The monoisotopic (exact) mass is 311 g/mol. The molecule has 0 aliphatic rings. The molecule has 20 heavy (non-hydrogen) atoms. The van der Waals surface area contributed by atoms with Gasteiger partial charge in [-0.3, -0.25) is 0 Å². The smallest absolute Gasteiger partial charge is 0.339 e. The summed E-state index contributed by atoms with van der Waals surface area (Å²) in [5.41, 5.74) is 6.55. The van der Waals surface area contributed by atoms with Gasteiger partial charge in [0, 0.05) is 10.6 Å². The molecular weight excluding hydrogens is 298 g/mol. The van der Waals surface area contributed by atoms with Crippen molar-refractivity contribution in [2.24, 2.45) is 0 Å². The number of rotatable bonds is 5. The second-order valence-corrected chi connectivity index (χ2v) is 5.36. The standard InChI is InChI=1S/C14H14ClNO3S/c1-2-18-14(17)11-6-9(16)7-12(15)13(11)20-8-10-4-3-5-19-10/h3-7H,2,8,16H2,1H3. The number of thioether (sulfide) groups is 1. The van der Waals surface area contributed by atoms with Crippen molar-refractivity contribution in [1.29, 1.82) is 0 Å². The van der Waals surface area contributed by atoms with E-state index in [9.17, 15) is 4.79 Å². The highest BCUT2D eigenvalue weighted by molar-refractivity contribution is 7.98. The molecule has 1 aromatic carbocycles. The first-order valence-electron chi connectivity index (χ1n) is 6.03. The minimum atomic E-state index is -0.427. The Bertz CT molecular complexity index is 599. The zero-order chi connectivity index (χ0) is 14.5. The third-order valence-corrected chi connectivity index (χ3v) is 4.07. The van der Waals surface area contributed by atoms with Crippen LogP contribution >= 0.6 is 23.4 Å². The van der Waals surface area contributed by atoms with Crippen molar-refractivity contribution in [3.05, 3.63) is 46.9 Å². The van der Waals surface area contributed by atoms with Crippen LogP contribution < -0.4 is 5.73 Å². The number of carbonyl (C=O) groups is 1. The van der Waals surface area contributed by atoms with Crippen LogP contribution in [0.15, 0.2) is 39.8 Å². The molecule has 2 N–H and O–H groups in total. The largest absolute Gasteiger partial charge is 0.468 e. The van der Waals surface area contributed by atoms with Crippen LogP contribution in [-0.4, -0.2) is 12.6 Å². The van der Waals surface area contributed by atoms with Crippen molar-refractivity contribution in [2.45, 2.75) is 17.6 Å². The van der Waals surface area contributed by atoms with E-state index in [1.165, 1.54) is 11.8 Å². The fourth-order valence-electron chi connectivity index (χ4n) is 1.66. The first kappa shape index (κ1) is 14.8. The Morgan fingerprint density at radius 2 is 2.30 bits per heavy atom. The highest BCUT2D eigenvalue weighted by atomic mass is 35.5. The molecule has 2 rings (SSSR count). The SMILES string of the molecule is CCOC(=O)c1cc(N)cc(Cl)c1SCc1ccco1. The summed E-state index contributed by atoms with van der Waals surface area (Å²) in [7, 11) is 0. The Kier molecular flexibility index (Phi) is 4.98. The highest BCUT2D eigenvalue weighted by Gasteiger charge is 2.17. The first-order valence-corrected chi connectivity index (χ1v) is 7.39. The molecule has 0 amide bonds. The molecule has 0 spiro atoms. The van der Waals surface area contributed by atoms with Gasteiger partial charge in [-0.05, 0) is 31.2 Å². The average Bonchev–Trinajstić information content (AvgIpc) is 2.90. The maximum atomic E-state index is 12.0. The number of hydrogen-bond donors (Lipinski definition) is 1. The summed E-state index contributed by atoms with van der Waals surface area (Å²) < 4.78 is 10.3. The number of anilines is 1. The van der Waals surface area contributed by atoms with Crippen molar-refractivity contribution in [3.8, 4) is 0 Å². The highest BCUT2D eigenvalue weighted by Crippen LogP contribution is 2.35. The van der Waals surface area contributed by atoms with Crippen molar-refractivity contribution in [3.63, 3.8) is 0 Å². The molecule has 4 nitrogen and oxygen atoms in total. The number of hydrogen-bond acceptors (Lipinski definition) is 5. The summed E-state index contributed by atoms with van der Waals surface area (Å²) in [6.07, 6.45) is 1.60. The molecule has 1 heterocycles. The number of ether oxygens (including phenoxy) is 1. The molecule has 6 heteroatoms. The summed E-state index contributed by atoms with van der Waals surface area (Å²) in [6, 6.07) is 6.87. The van der Waals surface area contributed by atoms with Gasteiger partial charge in [0.15, 0.2) is 0 Å². The van der Waals surface area contributed by atoms with Crippen LogP contribution in [0.25, 0.3) is 0 Å². The van der Waals surface area contributed by atoms with Crippen LogP contribution in [0.3, 0.4) is 0 Å². The number of furan rings is 1. The molecule has 0 atom stereocenters. The predicted molar refractivity (Wildman–Crippen MR) is 80.1 cm³/mol. The number of halogens is 1.